The predicted octanol–water partition coefficient (Wildman–Crippen LogP) is 1.40. The van der Waals surface area contributed by atoms with Crippen molar-refractivity contribution in [1.29, 1.82) is 0 Å². The van der Waals surface area contributed by atoms with Crippen molar-refractivity contribution in [2.45, 2.75) is 13.0 Å². The van der Waals surface area contributed by atoms with Gasteiger partial charge in [-0.05, 0) is 19.1 Å². The second kappa shape index (κ2) is 4.92. The van der Waals surface area contributed by atoms with Crippen molar-refractivity contribution >= 4 is 17.3 Å². The van der Waals surface area contributed by atoms with E-state index in [0.29, 0.717) is 11.5 Å². The molecule has 100 valence electrons. The van der Waals surface area contributed by atoms with Crippen LogP contribution in [-0.4, -0.2) is 26.3 Å². The second-order valence-electron chi connectivity index (χ2n) is 3.96. The maximum absolute atomic E-state index is 13.6. The van der Waals surface area contributed by atoms with Crippen LogP contribution in [0.5, 0.6) is 0 Å². The first-order valence-corrected chi connectivity index (χ1v) is 5.43. The van der Waals surface area contributed by atoms with Crippen LogP contribution >= 0.6 is 0 Å². The lowest BCUT2D eigenvalue weighted by Crippen LogP contribution is -2.11. The van der Waals surface area contributed by atoms with Gasteiger partial charge in [-0.1, -0.05) is 0 Å². The molecule has 0 radical (unpaired) electrons. The molecule has 1 aromatic carbocycles. The highest BCUT2D eigenvalue weighted by Gasteiger charge is 2.16. The smallest absolute Gasteiger partial charge is 0.338 e. The molecule has 2 aromatic rings. The maximum Gasteiger partial charge on any atom is 0.338 e. The first kappa shape index (κ1) is 12.8. The van der Waals surface area contributed by atoms with E-state index in [9.17, 15) is 9.18 Å². The number of benzene rings is 1. The number of aromatic amines is 1. The Labute approximate surface area is 107 Å². The minimum absolute atomic E-state index is 0.144. The van der Waals surface area contributed by atoms with Crippen LogP contribution in [0, 0.1) is 5.82 Å². The number of carboxylic acid groups (broad SMARTS) is 1. The number of aromatic nitrogens is 3. The summed E-state index contributed by atoms with van der Waals surface area (Å²) in [7, 11) is 0. The number of nitrogen functional groups attached to an aromatic ring is 1. The number of H-pyrrole nitrogens is 1. The average Bonchev–Trinajstić information content (AvgIpc) is 2.86. The molecule has 0 aliphatic rings. The average molecular weight is 265 g/mol. The summed E-state index contributed by atoms with van der Waals surface area (Å²) in [6.45, 7) is 1.78. The normalized spacial score (nSPS) is 12.1. The number of aromatic carboxylic acids is 1. The van der Waals surface area contributed by atoms with Gasteiger partial charge in [-0.2, -0.15) is 5.10 Å². The Bertz CT molecular complexity index is 599. The fourth-order valence-corrected chi connectivity index (χ4v) is 1.60. The van der Waals surface area contributed by atoms with Crippen molar-refractivity contribution in [3.8, 4) is 0 Å². The van der Waals surface area contributed by atoms with Gasteiger partial charge in [0.1, 0.15) is 18.0 Å². The van der Waals surface area contributed by atoms with Gasteiger partial charge in [0.15, 0.2) is 0 Å². The van der Waals surface area contributed by atoms with Gasteiger partial charge in [0.05, 0.1) is 23.0 Å². The molecule has 0 spiro atoms. The SMILES string of the molecule is CC(Nc1cc(F)c(C(=O)O)cc1N)c1ncn[nH]1. The van der Waals surface area contributed by atoms with Gasteiger partial charge in [-0.25, -0.2) is 14.2 Å². The van der Waals surface area contributed by atoms with Gasteiger partial charge in [-0.15, -0.1) is 0 Å². The largest absolute Gasteiger partial charge is 0.478 e. The van der Waals surface area contributed by atoms with Crippen LogP contribution in [-0.2, 0) is 0 Å². The molecule has 0 aliphatic heterocycles. The molecular formula is C11H12FN5O2. The molecule has 2 rings (SSSR count). The summed E-state index contributed by atoms with van der Waals surface area (Å²) < 4.78 is 13.6. The number of anilines is 2. The molecule has 0 saturated carbocycles. The van der Waals surface area contributed by atoms with Crippen molar-refractivity contribution in [3.63, 3.8) is 0 Å². The highest BCUT2D eigenvalue weighted by atomic mass is 19.1. The maximum atomic E-state index is 13.6. The quantitative estimate of drug-likeness (QED) is 0.621. The molecule has 7 nitrogen and oxygen atoms in total. The van der Waals surface area contributed by atoms with Crippen molar-refractivity contribution in [3.05, 3.63) is 35.7 Å². The number of hydrogen-bond donors (Lipinski definition) is 4. The number of nitrogens with two attached hydrogens (primary N) is 1. The van der Waals surface area contributed by atoms with E-state index in [4.69, 9.17) is 10.8 Å². The number of carboxylic acids is 1. The summed E-state index contributed by atoms with van der Waals surface area (Å²) in [4.78, 5) is 14.7. The molecule has 1 atom stereocenters. The number of nitrogens with zero attached hydrogens (tertiary/aromatic N) is 2. The molecule has 1 unspecified atom stereocenters. The minimum Gasteiger partial charge on any atom is -0.478 e. The summed E-state index contributed by atoms with van der Waals surface area (Å²) in [5, 5.41) is 18.1. The fraction of sp³-hybridized carbons (Fsp3) is 0.182. The molecule has 0 saturated heterocycles. The molecule has 1 aromatic heterocycles. The van der Waals surface area contributed by atoms with E-state index in [0.717, 1.165) is 12.1 Å². The Kier molecular flexibility index (Phi) is 3.32. The second-order valence-corrected chi connectivity index (χ2v) is 3.96. The Morgan fingerprint density at radius 3 is 2.89 bits per heavy atom. The Balaban J connectivity index is 2.26. The van der Waals surface area contributed by atoms with Crippen LogP contribution < -0.4 is 11.1 Å². The summed E-state index contributed by atoms with van der Waals surface area (Å²) >= 11 is 0. The fourth-order valence-electron chi connectivity index (χ4n) is 1.60. The highest BCUT2D eigenvalue weighted by Crippen LogP contribution is 2.26. The monoisotopic (exact) mass is 265 g/mol. The van der Waals surface area contributed by atoms with Crippen molar-refractivity contribution in [2.75, 3.05) is 11.1 Å². The van der Waals surface area contributed by atoms with Crippen LogP contribution in [0.25, 0.3) is 0 Å². The highest BCUT2D eigenvalue weighted by molar-refractivity contribution is 5.90. The van der Waals surface area contributed by atoms with E-state index < -0.39 is 17.3 Å². The van der Waals surface area contributed by atoms with Gasteiger partial charge in [-0.3, -0.25) is 5.10 Å². The third-order valence-electron chi connectivity index (χ3n) is 2.59. The summed E-state index contributed by atoms with van der Waals surface area (Å²) in [5.74, 6) is -1.66. The van der Waals surface area contributed by atoms with Gasteiger partial charge < -0.3 is 16.2 Å². The zero-order valence-corrected chi connectivity index (χ0v) is 10.0. The van der Waals surface area contributed by atoms with Crippen molar-refractivity contribution in [1.82, 2.24) is 15.2 Å². The molecule has 0 amide bonds. The van der Waals surface area contributed by atoms with E-state index >= 15 is 0 Å². The summed E-state index contributed by atoms with van der Waals surface area (Å²) in [5.41, 5.74) is 5.67. The zero-order valence-electron chi connectivity index (χ0n) is 10.0. The van der Waals surface area contributed by atoms with E-state index in [1.165, 1.54) is 6.33 Å². The topological polar surface area (TPSA) is 117 Å². The van der Waals surface area contributed by atoms with E-state index in [1.807, 2.05) is 0 Å². The minimum atomic E-state index is -1.36. The van der Waals surface area contributed by atoms with Crippen LogP contribution in [0.4, 0.5) is 15.8 Å². The molecule has 8 heteroatoms. The third kappa shape index (κ3) is 2.62. The number of hydrogen-bond acceptors (Lipinski definition) is 5. The first-order valence-electron chi connectivity index (χ1n) is 5.43. The van der Waals surface area contributed by atoms with E-state index in [1.54, 1.807) is 6.92 Å². The molecule has 19 heavy (non-hydrogen) atoms. The Morgan fingerprint density at radius 2 is 2.32 bits per heavy atom. The molecular weight excluding hydrogens is 253 g/mol. The predicted molar refractivity (Wildman–Crippen MR) is 66.2 cm³/mol. The molecule has 1 heterocycles. The lowest BCUT2D eigenvalue weighted by atomic mass is 10.1. The van der Waals surface area contributed by atoms with Crippen LogP contribution in [0.2, 0.25) is 0 Å². The number of nitrogens with one attached hydrogen (secondary N) is 2. The Morgan fingerprint density at radius 1 is 1.58 bits per heavy atom. The number of rotatable bonds is 4. The number of carbonyl (C=O) groups is 1. The lowest BCUT2D eigenvalue weighted by Gasteiger charge is -2.15. The summed E-state index contributed by atoms with van der Waals surface area (Å²) in [6, 6.07) is 1.85. The van der Waals surface area contributed by atoms with E-state index in [2.05, 4.69) is 20.5 Å². The van der Waals surface area contributed by atoms with Crippen molar-refractivity contribution in [2.24, 2.45) is 0 Å². The summed E-state index contributed by atoms with van der Waals surface area (Å²) in [6.07, 6.45) is 1.35. The number of halogens is 1. The van der Waals surface area contributed by atoms with Crippen LogP contribution in [0.15, 0.2) is 18.5 Å². The van der Waals surface area contributed by atoms with Crippen LogP contribution in [0.1, 0.15) is 29.1 Å². The molecule has 0 fully saturated rings. The molecule has 0 bridgehead atoms. The van der Waals surface area contributed by atoms with Gasteiger partial charge >= 0.3 is 5.97 Å². The van der Waals surface area contributed by atoms with Gasteiger partial charge in [0.25, 0.3) is 0 Å². The molecule has 0 aliphatic carbocycles. The lowest BCUT2D eigenvalue weighted by molar-refractivity contribution is 0.0692. The first-order chi connectivity index (χ1) is 8.99. The third-order valence-corrected chi connectivity index (χ3v) is 2.59. The van der Waals surface area contributed by atoms with E-state index in [-0.39, 0.29) is 11.7 Å². The van der Waals surface area contributed by atoms with Crippen molar-refractivity contribution < 1.29 is 14.3 Å². The standard InChI is InChI=1S/C11H12FN5O2/c1-5(10-14-4-15-17-10)16-9-3-7(12)6(11(18)19)2-8(9)13/h2-5,16H,13H2,1H3,(H,18,19)(H,14,15,17). The molecule has 5 N–H and O–H groups in total. The van der Waals surface area contributed by atoms with Gasteiger partial charge in [0.2, 0.25) is 0 Å². The zero-order chi connectivity index (χ0) is 14.0. The van der Waals surface area contributed by atoms with Crippen LogP contribution in [0.3, 0.4) is 0 Å². The Hall–Kier alpha value is -2.64. The van der Waals surface area contributed by atoms with Gasteiger partial charge in [0, 0.05) is 0 Å².